The topological polar surface area (TPSA) is 45.2 Å². The Morgan fingerprint density at radius 2 is 1.93 bits per heavy atom. The predicted octanol–water partition coefficient (Wildman–Crippen LogP) is 5.50. The van der Waals surface area contributed by atoms with Crippen molar-refractivity contribution in [1.82, 2.24) is 15.2 Å². The van der Waals surface area contributed by atoms with Gasteiger partial charge in [0.1, 0.15) is 0 Å². The van der Waals surface area contributed by atoms with Crippen LogP contribution in [-0.4, -0.2) is 28.9 Å². The van der Waals surface area contributed by atoms with Gasteiger partial charge in [-0.25, -0.2) is 0 Å². The number of carbonyl (C=O) groups excluding carboxylic acids is 1. The van der Waals surface area contributed by atoms with Crippen molar-refractivity contribution in [3.05, 3.63) is 63.9 Å². The minimum absolute atomic E-state index is 0.0328. The predicted molar refractivity (Wildman–Crippen MR) is 119 cm³/mol. The lowest BCUT2D eigenvalue weighted by atomic mass is 9.87. The van der Waals surface area contributed by atoms with Crippen LogP contribution in [0, 0.1) is 11.8 Å². The highest BCUT2D eigenvalue weighted by Gasteiger charge is 2.29. The lowest BCUT2D eigenvalue weighted by Gasteiger charge is -2.36. The Morgan fingerprint density at radius 3 is 2.55 bits per heavy atom. The summed E-state index contributed by atoms with van der Waals surface area (Å²) < 4.78 is 0. The molecule has 1 saturated heterocycles. The number of likely N-dealkylation sites (tertiary alicyclic amines) is 1. The van der Waals surface area contributed by atoms with Gasteiger partial charge in [-0.2, -0.15) is 0 Å². The number of rotatable bonds is 7. The minimum atomic E-state index is -0.0328. The maximum absolute atomic E-state index is 12.5. The highest BCUT2D eigenvalue weighted by atomic mass is 35.5. The standard InChI is InChI=1S/C23H29Cl2N3O/c1-16(2)13-22(29)27-23(21-5-3-4-10-26-21)18-8-11-28(12-9-18)15-17-6-7-19(24)20(25)14-17/h3-7,10,14,16,18,23H,8-9,11-13,15H2,1-2H3,(H,27,29)/t23-/m0/s1. The summed E-state index contributed by atoms with van der Waals surface area (Å²) in [5.74, 6) is 0.826. The molecule has 0 spiro atoms. The molecule has 2 heterocycles. The number of nitrogens with zero attached hydrogens (tertiary/aromatic N) is 2. The first-order valence-electron chi connectivity index (χ1n) is 10.3. The number of nitrogens with one attached hydrogen (secondary N) is 1. The second-order valence-electron chi connectivity index (χ2n) is 8.26. The lowest BCUT2D eigenvalue weighted by Crippen LogP contribution is -2.41. The summed E-state index contributed by atoms with van der Waals surface area (Å²) in [7, 11) is 0. The first-order valence-corrected chi connectivity index (χ1v) is 11.0. The average Bonchev–Trinajstić information content (AvgIpc) is 2.70. The minimum Gasteiger partial charge on any atom is -0.347 e. The molecule has 1 fully saturated rings. The summed E-state index contributed by atoms with van der Waals surface area (Å²) in [4.78, 5) is 19.4. The molecule has 0 saturated carbocycles. The van der Waals surface area contributed by atoms with E-state index in [0.717, 1.165) is 38.2 Å². The number of pyridine rings is 1. The third-order valence-electron chi connectivity index (χ3n) is 5.41. The monoisotopic (exact) mass is 433 g/mol. The first kappa shape index (κ1) is 22.1. The van der Waals surface area contributed by atoms with Gasteiger partial charge in [0.25, 0.3) is 0 Å². The van der Waals surface area contributed by atoms with Gasteiger partial charge in [0.05, 0.1) is 21.8 Å². The normalized spacial score (nSPS) is 16.7. The van der Waals surface area contributed by atoms with E-state index < -0.39 is 0 Å². The first-order chi connectivity index (χ1) is 13.9. The second kappa shape index (κ2) is 10.4. The summed E-state index contributed by atoms with van der Waals surface area (Å²) in [6, 6.07) is 11.7. The van der Waals surface area contributed by atoms with Crippen LogP contribution in [0.2, 0.25) is 10.0 Å². The maximum atomic E-state index is 12.5. The van der Waals surface area contributed by atoms with E-state index in [1.165, 1.54) is 5.56 Å². The van der Waals surface area contributed by atoms with Crippen molar-refractivity contribution < 1.29 is 4.79 Å². The molecule has 2 aromatic rings. The van der Waals surface area contributed by atoms with E-state index in [-0.39, 0.29) is 11.9 Å². The van der Waals surface area contributed by atoms with Crippen LogP contribution in [0.1, 0.15) is 50.4 Å². The fourth-order valence-corrected chi connectivity index (χ4v) is 4.26. The van der Waals surface area contributed by atoms with Gasteiger partial charge >= 0.3 is 0 Å². The number of aromatic nitrogens is 1. The molecule has 6 heteroatoms. The Kier molecular flexibility index (Phi) is 7.93. The molecule has 0 radical (unpaired) electrons. The van der Waals surface area contributed by atoms with Crippen LogP contribution >= 0.6 is 23.2 Å². The van der Waals surface area contributed by atoms with Crippen molar-refractivity contribution >= 4 is 29.1 Å². The number of piperidine rings is 1. The molecule has 0 bridgehead atoms. The number of hydrogen-bond donors (Lipinski definition) is 1. The van der Waals surface area contributed by atoms with E-state index in [0.29, 0.717) is 28.3 Å². The third kappa shape index (κ3) is 6.43. The lowest BCUT2D eigenvalue weighted by molar-refractivity contribution is -0.123. The van der Waals surface area contributed by atoms with Gasteiger partial charge in [-0.3, -0.25) is 14.7 Å². The van der Waals surface area contributed by atoms with Gasteiger partial charge in [0.2, 0.25) is 5.91 Å². The summed E-state index contributed by atoms with van der Waals surface area (Å²) in [5, 5.41) is 4.45. The average molecular weight is 434 g/mol. The van der Waals surface area contributed by atoms with Crippen LogP contribution in [0.3, 0.4) is 0 Å². The van der Waals surface area contributed by atoms with Crippen molar-refractivity contribution in [3.8, 4) is 0 Å². The van der Waals surface area contributed by atoms with Gasteiger partial charge in [0, 0.05) is 19.2 Å². The fourth-order valence-electron chi connectivity index (χ4n) is 3.94. The van der Waals surface area contributed by atoms with E-state index in [1.54, 1.807) is 6.20 Å². The smallest absolute Gasteiger partial charge is 0.220 e. The summed E-state index contributed by atoms with van der Waals surface area (Å²) in [6.07, 6.45) is 4.38. The fraction of sp³-hybridized carbons (Fsp3) is 0.478. The number of amides is 1. The number of benzene rings is 1. The van der Waals surface area contributed by atoms with Crippen LogP contribution in [-0.2, 0) is 11.3 Å². The summed E-state index contributed by atoms with van der Waals surface area (Å²) in [6.45, 7) is 6.95. The van der Waals surface area contributed by atoms with Crippen molar-refractivity contribution in [2.75, 3.05) is 13.1 Å². The molecule has 156 valence electrons. The van der Waals surface area contributed by atoms with Gasteiger partial charge in [-0.05, 0) is 67.6 Å². The molecule has 1 aromatic carbocycles. The maximum Gasteiger partial charge on any atom is 0.220 e. The van der Waals surface area contributed by atoms with E-state index >= 15 is 0 Å². The Labute approximate surface area is 183 Å². The number of hydrogen-bond acceptors (Lipinski definition) is 3. The molecule has 1 atom stereocenters. The van der Waals surface area contributed by atoms with Crippen LogP contribution < -0.4 is 5.32 Å². The molecule has 1 aromatic heterocycles. The van der Waals surface area contributed by atoms with E-state index in [9.17, 15) is 4.79 Å². The summed E-state index contributed by atoms with van der Waals surface area (Å²) >= 11 is 12.2. The Hall–Kier alpha value is -1.62. The molecule has 1 aliphatic rings. The SMILES string of the molecule is CC(C)CC(=O)N[C@H](c1ccccn1)C1CCN(Cc2ccc(Cl)c(Cl)c2)CC1. The summed E-state index contributed by atoms with van der Waals surface area (Å²) in [5.41, 5.74) is 2.12. The van der Waals surface area contributed by atoms with Crippen molar-refractivity contribution in [3.63, 3.8) is 0 Å². The molecule has 1 amide bonds. The number of carbonyl (C=O) groups is 1. The molecule has 1 N–H and O–H groups in total. The molecule has 0 aliphatic carbocycles. The van der Waals surface area contributed by atoms with Crippen molar-refractivity contribution in [1.29, 1.82) is 0 Å². The molecule has 3 rings (SSSR count). The molecular formula is C23H29Cl2N3O. The quantitative estimate of drug-likeness (QED) is 0.626. The van der Waals surface area contributed by atoms with Crippen LogP contribution in [0.5, 0.6) is 0 Å². The molecular weight excluding hydrogens is 405 g/mol. The van der Waals surface area contributed by atoms with Gasteiger partial charge in [-0.15, -0.1) is 0 Å². The zero-order valence-corrected chi connectivity index (χ0v) is 18.6. The Balaban J connectivity index is 1.63. The van der Waals surface area contributed by atoms with E-state index in [4.69, 9.17) is 23.2 Å². The molecule has 4 nitrogen and oxygen atoms in total. The highest BCUT2D eigenvalue weighted by molar-refractivity contribution is 6.42. The zero-order valence-electron chi connectivity index (χ0n) is 17.1. The van der Waals surface area contributed by atoms with Crippen molar-refractivity contribution in [2.24, 2.45) is 11.8 Å². The van der Waals surface area contributed by atoms with Crippen LogP contribution in [0.25, 0.3) is 0 Å². The van der Waals surface area contributed by atoms with E-state index in [1.807, 2.05) is 36.4 Å². The highest BCUT2D eigenvalue weighted by Crippen LogP contribution is 2.31. The van der Waals surface area contributed by atoms with Gasteiger partial charge < -0.3 is 5.32 Å². The van der Waals surface area contributed by atoms with Crippen molar-refractivity contribution in [2.45, 2.75) is 45.7 Å². The largest absolute Gasteiger partial charge is 0.347 e. The molecule has 29 heavy (non-hydrogen) atoms. The van der Waals surface area contributed by atoms with E-state index in [2.05, 4.69) is 29.0 Å². The third-order valence-corrected chi connectivity index (χ3v) is 6.15. The Morgan fingerprint density at radius 1 is 1.17 bits per heavy atom. The van der Waals surface area contributed by atoms with Crippen LogP contribution in [0.15, 0.2) is 42.6 Å². The Bertz CT molecular complexity index is 805. The second-order valence-corrected chi connectivity index (χ2v) is 9.07. The van der Waals surface area contributed by atoms with Crippen LogP contribution in [0.4, 0.5) is 0 Å². The van der Waals surface area contributed by atoms with Gasteiger partial charge in [-0.1, -0.05) is 49.2 Å². The molecule has 1 aliphatic heterocycles. The van der Waals surface area contributed by atoms with Gasteiger partial charge in [0.15, 0.2) is 0 Å². The zero-order chi connectivity index (χ0) is 20.8. The molecule has 0 unspecified atom stereocenters. The number of halogens is 2.